The van der Waals surface area contributed by atoms with E-state index in [0.29, 0.717) is 27.6 Å². The minimum atomic E-state index is -0.238. The number of hydrogen-bond acceptors (Lipinski definition) is 7. The van der Waals surface area contributed by atoms with E-state index in [-0.39, 0.29) is 17.9 Å². The highest BCUT2D eigenvalue weighted by Crippen LogP contribution is 2.40. The number of carbonyl (C=O) groups excluding carboxylic acids is 1. The molecule has 8 nitrogen and oxygen atoms in total. The fourth-order valence-corrected chi connectivity index (χ4v) is 5.89. The second-order valence-corrected chi connectivity index (χ2v) is 10.2. The first-order chi connectivity index (χ1) is 17.0. The van der Waals surface area contributed by atoms with E-state index in [2.05, 4.69) is 16.0 Å². The lowest BCUT2D eigenvalue weighted by molar-refractivity contribution is -0.122. The number of benzene rings is 1. The van der Waals surface area contributed by atoms with Crippen LogP contribution < -0.4 is 11.5 Å². The lowest BCUT2D eigenvalue weighted by atomic mass is 9.86. The number of nitrogens with zero attached hydrogens (tertiary/aromatic N) is 5. The number of anilines is 1. The van der Waals surface area contributed by atoms with Gasteiger partial charge in [0.15, 0.2) is 5.65 Å². The van der Waals surface area contributed by atoms with Crippen molar-refractivity contribution in [3.8, 4) is 21.8 Å². The van der Waals surface area contributed by atoms with Gasteiger partial charge < -0.3 is 11.5 Å². The third-order valence-electron chi connectivity index (χ3n) is 6.77. The molecule has 4 heterocycles. The molecule has 1 aromatic carbocycles. The maximum Gasteiger partial charge on any atom is 0.220 e. The molecule has 1 aliphatic carbocycles. The molecule has 35 heavy (non-hydrogen) atoms. The number of halogens is 1. The zero-order valence-electron chi connectivity index (χ0n) is 18.7. The first-order valence-electron chi connectivity index (χ1n) is 11.4. The summed E-state index contributed by atoms with van der Waals surface area (Å²) in [7, 11) is 0. The van der Waals surface area contributed by atoms with Gasteiger partial charge in [0.05, 0.1) is 32.5 Å². The number of pyridine rings is 1. The van der Waals surface area contributed by atoms with Gasteiger partial charge in [-0.1, -0.05) is 23.7 Å². The topological polar surface area (TPSA) is 126 Å². The number of aromatic nitrogens is 5. The minimum absolute atomic E-state index is 0.0824. The molecule has 1 fully saturated rings. The summed E-state index contributed by atoms with van der Waals surface area (Å²) in [6, 6.07) is 12.0. The van der Waals surface area contributed by atoms with Crippen LogP contribution >= 0.6 is 22.9 Å². The summed E-state index contributed by atoms with van der Waals surface area (Å²) < 4.78 is 1.91. The van der Waals surface area contributed by atoms with Gasteiger partial charge >= 0.3 is 0 Å². The number of nitrogens with two attached hydrogens (primary N) is 2. The summed E-state index contributed by atoms with van der Waals surface area (Å²) in [5.41, 5.74) is 15.6. The quantitative estimate of drug-likeness (QED) is 0.346. The zero-order valence-corrected chi connectivity index (χ0v) is 20.3. The Morgan fingerprint density at radius 3 is 2.69 bits per heavy atom. The standard InChI is InChI=1S/C25H22ClN7OS/c26-17-10-14-5-8-18(20-2-1-9-35-20)31-19(14)11-16(17)22-21-23(27)29-12-30-25(21)33(32-22)15-6-3-13(4-7-15)24(28)34/h1-2,5,8-13,15H,3-4,6-7H2,(H2,28,34)(H2,27,29,30). The van der Waals surface area contributed by atoms with Crippen LogP contribution in [-0.4, -0.2) is 30.6 Å². The molecular formula is C25H22ClN7OS. The second-order valence-electron chi connectivity index (χ2n) is 8.86. The van der Waals surface area contributed by atoms with Crippen molar-refractivity contribution < 1.29 is 4.79 Å². The normalized spacial score (nSPS) is 18.3. The predicted octanol–water partition coefficient (Wildman–Crippen LogP) is 5.22. The highest BCUT2D eigenvalue weighted by Gasteiger charge is 2.29. The molecular weight excluding hydrogens is 482 g/mol. The van der Waals surface area contributed by atoms with Crippen molar-refractivity contribution in [3.63, 3.8) is 0 Å². The van der Waals surface area contributed by atoms with Crippen LogP contribution in [0.15, 0.2) is 48.1 Å². The van der Waals surface area contributed by atoms with Crippen molar-refractivity contribution in [1.82, 2.24) is 24.7 Å². The van der Waals surface area contributed by atoms with Gasteiger partial charge in [-0.15, -0.1) is 11.3 Å². The van der Waals surface area contributed by atoms with Gasteiger partial charge in [0.2, 0.25) is 5.91 Å². The molecule has 6 rings (SSSR count). The fourth-order valence-electron chi connectivity index (χ4n) is 4.93. The minimum Gasteiger partial charge on any atom is -0.383 e. The summed E-state index contributed by atoms with van der Waals surface area (Å²) >= 11 is 8.42. The molecule has 0 unspecified atom stereocenters. The van der Waals surface area contributed by atoms with Crippen molar-refractivity contribution in [3.05, 3.63) is 53.1 Å². The number of thiophene rings is 1. The lowest BCUT2D eigenvalue weighted by Gasteiger charge is -2.27. The average Bonchev–Trinajstić information content (AvgIpc) is 3.53. The molecule has 0 bridgehead atoms. The maximum absolute atomic E-state index is 11.6. The van der Waals surface area contributed by atoms with Gasteiger partial charge in [-0.05, 0) is 55.3 Å². The molecule has 0 aliphatic heterocycles. The van der Waals surface area contributed by atoms with E-state index in [4.69, 9.17) is 33.2 Å². The number of primary amides is 1. The third kappa shape index (κ3) is 3.81. The predicted molar refractivity (Wildman–Crippen MR) is 139 cm³/mol. The van der Waals surface area contributed by atoms with Gasteiger partial charge in [-0.2, -0.15) is 5.10 Å². The Morgan fingerprint density at radius 1 is 1.11 bits per heavy atom. The molecule has 1 saturated carbocycles. The van der Waals surface area contributed by atoms with Crippen molar-refractivity contribution >= 4 is 56.6 Å². The summed E-state index contributed by atoms with van der Waals surface area (Å²) in [4.78, 5) is 26.3. The number of hydrogen-bond donors (Lipinski definition) is 2. The Bertz CT molecular complexity index is 1570. The summed E-state index contributed by atoms with van der Waals surface area (Å²) in [6.07, 6.45) is 4.47. The second kappa shape index (κ2) is 8.58. The molecule has 176 valence electrons. The van der Waals surface area contributed by atoms with Gasteiger partial charge in [0, 0.05) is 16.9 Å². The molecule has 1 aliphatic rings. The summed E-state index contributed by atoms with van der Waals surface area (Å²) in [6.45, 7) is 0. The highest BCUT2D eigenvalue weighted by atomic mass is 35.5. The molecule has 1 amide bonds. The number of nitrogen functional groups attached to an aromatic ring is 1. The van der Waals surface area contributed by atoms with Gasteiger partial charge in [0.1, 0.15) is 17.8 Å². The monoisotopic (exact) mass is 503 g/mol. The Hall–Kier alpha value is -3.56. The van der Waals surface area contributed by atoms with E-state index < -0.39 is 0 Å². The van der Waals surface area contributed by atoms with Crippen LogP contribution in [0.3, 0.4) is 0 Å². The molecule has 0 spiro atoms. The van der Waals surface area contributed by atoms with E-state index in [1.165, 1.54) is 6.33 Å². The van der Waals surface area contributed by atoms with Crippen molar-refractivity contribution in [2.24, 2.45) is 11.7 Å². The van der Waals surface area contributed by atoms with Gasteiger partial charge in [-0.25, -0.2) is 19.6 Å². The van der Waals surface area contributed by atoms with Crippen molar-refractivity contribution in [1.29, 1.82) is 0 Å². The molecule has 4 aromatic heterocycles. The molecule has 0 atom stereocenters. The van der Waals surface area contributed by atoms with Crippen LogP contribution in [0.2, 0.25) is 5.02 Å². The number of carbonyl (C=O) groups is 1. The molecule has 5 aromatic rings. The van der Waals surface area contributed by atoms with Crippen LogP contribution in [0.5, 0.6) is 0 Å². The van der Waals surface area contributed by atoms with Crippen LogP contribution in [0.4, 0.5) is 5.82 Å². The Balaban J connectivity index is 1.48. The Kier molecular flexibility index (Phi) is 5.38. The van der Waals surface area contributed by atoms with Crippen molar-refractivity contribution in [2.75, 3.05) is 5.73 Å². The third-order valence-corrected chi connectivity index (χ3v) is 7.97. The highest BCUT2D eigenvalue weighted by molar-refractivity contribution is 7.13. The fraction of sp³-hybridized carbons (Fsp3) is 0.240. The molecule has 0 radical (unpaired) electrons. The maximum atomic E-state index is 11.6. The summed E-state index contributed by atoms with van der Waals surface area (Å²) in [5, 5.41) is 9.16. The number of fused-ring (bicyclic) bond motifs is 2. The van der Waals surface area contributed by atoms with E-state index in [9.17, 15) is 4.79 Å². The number of amides is 1. The molecule has 0 saturated heterocycles. The van der Waals surface area contributed by atoms with E-state index in [0.717, 1.165) is 52.7 Å². The van der Waals surface area contributed by atoms with Gasteiger partial charge in [-0.3, -0.25) is 4.79 Å². The zero-order chi connectivity index (χ0) is 24.1. The average molecular weight is 504 g/mol. The first kappa shape index (κ1) is 21.9. The van der Waals surface area contributed by atoms with E-state index >= 15 is 0 Å². The summed E-state index contributed by atoms with van der Waals surface area (Å²) in [5.74, 6) is 0.0164. The molecule has 10 heteroatoms. The SMILES string of the molecule is NC(=O)C1CCC(n2nc(-c3cc4nc(-c5cccs5)ccc4cc3Cl)c3c(N)ncnc32)CC1. The number of rotatable bonds is 4. The Morgan fingerprint density at radius 2 is 1.94 bits per heavy atom. The van der Waals surface area contributed by atoms with E-state index in [1.807, 2.05) is 40.4 Å². The van der Waals surface area contributed by atoms with Gasteiger partial charge in [0.25, 0.3) is 0 Å². The molecule has 4 N–H and O–H groups in total. The van der Waals surface area contributed by atoms with Crippen LogP contribution in [0.1, 0.15) is 31.7 Å². The Labute approximate surface area is 210 Å². The van der Waals surface area contributed by atoms with E-state index in [1.54, 1.807) is 11.3 Å². The van der Waals surface area contributed by atoms with Crippen LogP contribution in [-0.2, 0) is 4.79 Å². The van der Waals surface area contributed by atoms with Crippen LogP contribution in [0, 0.1) is 5.92 Å². The largest absolute Gasteiger partial charge is 0.383 e. The lowest BCUT2D eigenvalue weighted by Crippen LogP contribution is -2.28. The smallest absolute Gasteiger partial charge is 0.220 e. The van der Waals surface area contributed by atoms with Crippen molar-refractivity contribution in [2.45, 2.75) is 31.7 Å². The first-order valence-corrected chi connectivity index (χ1v) is 12.7. The van der Waals surface area contributed by atoms with Crippen LogP contribution in [0.25, 0.3) is 43.8 Å².